The number of carbonyl (C=O) groups excluding carboxylic acids is 2. The van der Waals surface area contributed by atoms with Gasteiger partial charge in [0.05, 0.1) is 12.5 Å². The molecule has 1 atom stereocenters. The molecule has 0 aliphatic carbocycles. The third-order valence-electron chi connectivity index (χ3n) is 2.01. The summed E-state index contributed by atoms with van der Waals surface area (Å²) < 4.78 is 11.6. The summed E-state index contributed by atoms with van der Waals surface area (Å²) in [5, 5.41) is 11.0. The van der Waals surface area contributed by atoms with Crippen molar-refractivity contribution in [2.75, 3.05) is 25.1 Å². The van der Waals surface area contributed by atoms with Gasteiger partial charge in [-0.3, -0.25) is 13.8 Å². The topological polar surface area (TPSA) is 90.3 Å². The predicted octanol–water partition coefficient (Wildman–Crippen LogP) is -0.368. The van der Waals surface area contributed by atoms with Crippen molar-refractivity contribution in [3.63, 3.8) is 0 Å². The highest BCUT2D eigenvalue weighted by molar-refractivity contribution is 7.86. The van der Waals surface area contributed by atoms with Crippen molar-refractivity contribution >= 4 is 22.6 Å². The second-order valence-electron chi connectivity index (χ2n) is 4.17. The van der Waals surface area contributed by atoms with Crippen LogP contribution in [0.2, 0.25) is 0 Å². The molecule has 0 aliphatic heterocycles. The molecule has 2 amide bonds. The number of rotatable bonds is 7. The van der Waals surface area contributed by atoms with Crippen molar-refractivity contribution in [1.82, 2.24) is 10.2 Å². The SMILES string of the molecule is CC(C)NC(=O)CS(=O)CC(=O)N(C)CCC#N. The van der Waals surface area contributed by atoms with Gasteiger partial charge in [0, 0.05) is 30.4 Å². The molecule has 0 radical (unpaired) electrons. The summed E-state index contributed by atoms with van der Waals surface area (Å²) in [4.78, 5) is 24.2. The van der Waals surface area contributed by atoms with E-state index in [-0.39, 0.29) is 35.8 Å². The fourth-order valence-electron chi connectivity index (χ4n) is 1.15. The van der Waals surface area contributed by atoms with Crippen molar-refractivity contribution in [2.24, 2.45) is 0 Å². The van der Waals surface area contributed by atoms with E-state index in [1.165, 1.54) is 4.90 Å². The first kappa shape index (κ1) is 16.6. The number of carbonyl (C=O) groups is 2. The molecule has 0 saturated carbocycles. The lowest BCUT2D eigenvalue weighted by atomic mass is 10.4. The minimum Gasteiger partial charge on any atom is -0.353 e. The van der Waals surface area contributed by atoms with Crippen molar-refractivity contribution in [1.29, 1.82) is 5.26 Å². The van der Waals surface area contributed by atoms with Crippen LogP contribution in [-0.2, 0) is 20.4 Å². The number of amides is 2. The van der Waals surface area contributed by atoms with E-state index in [2.05, 4.69) is 5.32 Å². The van der Waals surface area contributed by atoms with Gasteiger partial charge in [0.15, 0.2) is 0 Å². The van der Waals surface area contributed by atoms with Crippen LogP contribution in [0.25, 0.3) is 0 Å². The summed E-state index contributed by atoms with van der Waals surface area (Å²) >= 11 is 0. The van der Waals surface area contributed by atoms with Crippen LogP contribution in [-0.4, -0.2) is 52.1 Å². The number of hydrogen-bond donors (Lipinski definition) is 1. The Hall–Kier alpha value is -1.42. The summed E-state index contributed by atoms with van der Waals surface area (Å²) in [6.45, 7) is 3.92. The smallest absolute Gasteiger partial charge is 0.234 e. The zero-order valence-corrected chi connectivity index (χ0v) is 11.7. The van der Waals surface area contributed by atoms with Gasteiger partial charge < -0.3 is 10.2 Å². The summed E-state index contributed by atoms with van der Waals surface area (Å²) in [5.74, 6) is -1.000. The van der Waals surface area contributed by atoms with E-state index in [9.17, 15) is 13.8 Å². The molecule has 1 N–H and O–H groups in total. The molecule has 0 rings (SSSR count). The molecular weight excluding hydrogens is 254 g/mol. The minimum absolute atomic E-state index is 0.0106. The van der Waals surface area contributed by atoms with E-state index in [1.54, 1.807) is 7.05 Å². The third kappa shape index (κ3) is 7.79. The van der Waals surface area contributed by atoms with Gasteiger partial charge in [-0.25, -0.2) is 0 Å². The van der Waals surface area contributed by atoms with E-state index < -0.39 is 10.8 Å². The van der Waals surface area contributed by atoms with E-state index in [0.717, 1.165) is 0 Å². The maximum absolute atomic E-state index is 11.6. The molecule has 18 heavy (non-hydrogen) atoms. The monoisotopic (exact) mass is 273 g/mol. The molecule has 7 heteroatoms. The maximum Gasteiger partial charge on any atom is 0.234 e. The summed E-state index contributed by atoms with van der Waals surface area (Å²) in [6.07, 6.45) is 0.239. The molecule has 6 nitrogen and oxygen atoms in total. The summed E-state index contributed by atoms with van der Waals surface area (Å²) in [5.41, 5.74) is 0. The number of nitriles is 1. The molecule has 1 unspecified atom stereocenters. The van der Waals surface area contributed by atoms with Crippen molar-refractivity contribution in [3.05, 3.63) is 0 Å². The Morgan fingerprint density at radius 2 is 2.00 bits per heavy atom. The zero-order chi connectivity index (χ0) is 14.1. The van der Waals surface area contributed by atoms with Crippen LogP contribution >= 0.6 is 0 Å². The van der Waals surface area contributed by atoms with Crippen LogP contribution in [0.3, 0.4) is 0 Å². The van der Waals surface area contributed by atoms with Gasteiger partial charge in [-0.1, -0.05) is 0 Å². The van der Waals surface area contributed by atoms with Crippen LogP contribution in [0.5, 0.6) is 0 Å². The second-order valence-corrected chi connectivity index (χ2v) is 5.63. The molecule has 102 valence electrons. The Labute approximate surface area is 110 Å². The molecule has 0 aromatic heterocycles. The molecule has 0 aromatic rings. The van der Waals surface area contributed by atoms with Crippen LogP contribution < -0.4 is 5.32 Å². The molecule has 0 aromatic carbocycles. The van der Waals surface area contributed by atoms with E-state index in [0.29, 0.717) is 6.54 Å². The zero-order valence-electron chi connectivity index (χ0n) is 10.9. The van der Waals surface area contributed by atoms with E-state index in [1.807, 2.05) is 19.9 Å². The van der Waals surface area contributed by atoms with Gasteiger partial charge in [0.2, 0.25) is 11.8 Å². The number of nitrogens with zero attached hydrogens (tertiary/aromatic N) is 2. The Morgan fingerprint density at radius 1 is 1.39 bits per heavy atom. The Bertz CT molecular complexity index is 363. The van der Waals surface area contributed by atoms with Crippen molar-refractivity contribution in [2.45, 2.75) is 26.3 Å². The third-order valence-corrected chi connectivity index (χ3v) is 3.16. The standard InChI is InChI=1S/C11H19N3O3S/c1-9(2)13-10(15)7-18(17)8-11(16)14(3)6-4-5-12/h9H,4,6-8H2,1-3H3,(H,13,15). The molecule has 0 heterocycles. The second kappa shape index (κ2) is 8.64. The van der Waals surface area contributed by atoms with Gasteiger partial charge in [-0.15, -0.1) is 0 Å². The van der Waals surface area contributed by atoms with E-state index in [4.69, 9.17) is 5.26 Å². The fourth-order valence-corrected chi connectivity index (χ4v) is 2.12. The highest BCUT2D eigenvalue weighted by Crippen LogP contribution is 1.92. The molecule has 0 bridgehead atoms. The lowest BCUT2D eigenvalue weighted by Gasteiger charge is -2.15. The Kier molecular flexibility index (Phi) is 7.96. The number of nitrogens with one attached hydrogen (secondary N) is 1. The predicted molar refractivity (Wildman–Crippen MR) is 69.0 cm³/mol. The molecule has 0 aliphatic rings. The highest BCUT2D eigenvalue weighted by Gasteiger charge is 2.15. The van der Waals surface area contributed by atoms with Crippen molar-refractivity contribution in [3.8, 4) is 6.07 Å². The van der Waals surface area contributed by atoms with Crippen LogP contribution in [0, 0.1) is 11.3 Å². The molecular formula is C11H19N3O3S. The quantitative estimate of drug-likeness (QED) is 0.685. The van der Waals surface area contributed by atoms with Gasteiger partial charge in [0.25, 0.3) is 0 Å². The lowest BCUT2D eigenvalue weighted by Crippen LogP contribution is -2.37. The average molecular weight is 273 g/mol. The lowest BCUT2D eigenvalue weighted by molar-refractivity contribution is -0.127. The first-order valence-electron chi connectivity index (χ1n) is 5.62. The normalized spacial score (nSPS) is 11.7. The van der Waals surface area contributed by atoms with Crippen molar-refractivity contribution < 1.29 is 13.8 Å². The van der Waals surface area contributed by atoms with Gasteiger partial charge in [-0.05, 0) is 13.8 Å². The molecule has 0 spiro atoms. The maximum atomic E-state index is 11.6. The van der Waals surface area contributed by atoms with Gasteiger partial charge in [0.1, 0.15) is 11.5 Å². The van der Waals surface area contributed by atoms with Crippen LogP contribution in [0.4, 0.5) is 0 Å². The summed E-state index contributed by atoms with van der Waals surface area (Å²) in [6, 6.07) is 1.92. The van der Waals surface area contributed by atoms with Crippen LogP contribution in [0.15, 0.2) is 0 Å². The van der Waals surface area contributed by atoms with Crippen LogP contribution in [0.1, 0.15) is 20.3 Å². The molecule has 0 saturated heterocycles. The van der Waals surface area contributed by atoms with E-state index >= 15 is 0 Å². The largest absolute Gasteiger partial charge is 0.353 e. The fraction of sp³-hybridized carbons (Fsp3) is 0.727. The first-order chi connectivity index (χ1) is 8.36. The van der Waals surface area contributed by atoms with Gasteiger partial charge in [-0.2, -0.15) is 5.26 Å². The molecule has 0 fully saturated rings. The highest BCUT2D eigenvalue weighted by atomic mass is 32.2. The van der Waals surface area contributed by atoms with Gasteiger partial charge >= 0.3 is 0 Å². The Balaban J connectivity index is 4.05. The Morgan fingerprint density at radius 3 is 2.50 bits per heavy atom. The minimum atomic E-state index is -1.51. The summed E-state index contributed by atoms with van der Waals surface area (Å²) in [7, 11) is 0.0378. The first-order valence-corrected chi connectivity index (χ1v) is 7.10. The number of hydrogen-bond acceptors (Lipinski definition) is 4. The average Bonchev–Trinajstić information content (AvgIpc) is 2.23.